The minimum absolute atomic E-state index is 0.103. The molecule has 0 amide bonds. The van der Waals surface area contributed by atoms with Gasteiger partial charge in [-0.25, -0.2) is 0 Å². The lowest BCUT2D eigenvalue weighted by Gasteiger charge is -2.08. The Bertz CT molecular complexity index is 341. The quantitative estimate of drug-likeness (QED) is 0.738. The summed E-state index contributed by atoms with van der Waals surface area (Å²) in [4.78, 5) is 11.6. The van der Waals surface area contributed by atoms with Gasteiger partial charge in [0.25, 0.3) is 0 Å². The molecule has 2 N–H and O–H groups in total. The standard InChI is InChI=1S/C13H19NO2/c1-10-4-3-5-11(2)13(10)8-12(15)9-16-7-6-14/h3-5H,6-9,14H2,1-2H3. The molecule has 3 nitrogen and oxygen atoms in total. The predicted octanol–water partition coefficient (Wildman–Crippen LogP) is 1.39. The highest BCUT2D eigenvalue weighted by Gasteiger charge is 2.08. The molecule has 0 aromatic heterocycles. The number of benzene rings is 1. The summed E-state index contributed by atoms with van der Waals surface area (Å²) in [6.45, 7) is 5.10. The number of hydrogen-bond donors (Lipinski definition) is 1. The van der Waals surface area contributed by atoms with E-state index in [1.807, 2.05) is 32.0 Å². The molecular formula is C13H19NO2. The molecule has 16 heavy (non-hydrogen) atoms. The van der Waals surface area contributed by atoms with E-state index >= 15 is 0 Å². The fourth-order valence-electron chi connectivity index (χ4n) is 1.65. The molecular weight excluding hydrogens is 202 g/mol. The molecule has 0 spiro atoms. The Balaban J connectivity index is 2.56. The number of aryl methyl sites for hydroxylation is 2. The van der Waals surface area contributed by atoms with E-state index in [1.165, 1.54) is 0 Å². The maximum absolute atomic E-state index is 11.6. The molecule has 1 aromatic rings. The Morgan fingerprint density at radius 1 is 1.31 bits per heavy atom. The van der Waals surface area contributed by atoms with Crippen LogP contribution in [0.25, 0.3) is 0 Å². The molecule has 3 heteroatoms. The van der Waals surface area contributed by atoms with E-state index in [2.05, 4.69) is 0 Å². The van der Waals surface area contributed by atoms with Crippen molar-refractivity contribution in [3.05, 3.63) is 34.9 Å². The first kappa shape index (κ1) is 12.9. The second-order valence-corrected chi connectivity index (χ2v) is 3.93. The van der Waals surface area contributed by atoms with E-state index in [-0.39, 0.29) is 12.4 Å². The maximum Gasteiger partial charge on any atom is 0.162 e. The summed E-state index contributed by atoms with van der Waals surface area (Å²) in [6, 6.07) is 6.05. The average Bonchev–Trinajstić information content (AvgIpc) is 2.24. The van der Waals surface area contributed by atoms with Crippen molar-refractivity contribution < 1.29 is 9.53 Å². The number of hydrogen-bond acceptors (Lipinski definition) is 3. The van der Waals surface area contributed by atoms with E-state index in [1.54, 1.807) is 0 Å². The van der Waals surface area contributed by atoms with E-state index < -0.39 is 0 Å². The van der Waals surface area contributed by atoms with Gasteiger partial charge >= 0.3 is 0 Å². The van der Waals surface area contributed by atoms with Crippen LogP contribution in [0.15, 0.2) is 18.2 Å². The first-order valence-electron chi connectivity index (χ1n) is 5.49. The lowest BCUT2D eigenvalue weighted by molar-refractivity contribution is -0.122. The van der Waals surface area contributed by atoms with Crippen LogP contribution in [0.3, 0.4) is 0 Å². The fraction of sp³-hybridized carbons (Fsp3) is 0.462. The van der Waals surface area contributed by atoms with Crippen LogP contribution in [-0.4, -0.2) is 25.5 Å². The summed E-state index contributed by atoms with van der Waals surface area (Å²) in [5, 5.41) is 0. The van der Waals surface area contributed by atoms with E-state index in [0.717, 1.165) is 16.7 Å². The van der Waals surface area contributed by atoms with Crippen molar-refractivity contribution in [2.24, 2.45) is 5.73 Å². The van der Waals surface area contributed by atoms with Crippen LogP contribution in [-0.2, 0) is 16.0 Å². The van der Waals surface area contributed by atoms with Crippen molar-refractivity contribution >= 4 is 5.78 Å². The van der Waals surface area contributed by atoms with Crippen molar-refractivity contribution in [2.45, 2.75) is 20.3 Å². The van der Waals surface area contributed by atoms with Gasteiger partial charge in [0.15, 0.2) is 5.78 Å². The Morgan fingerprint density at radius 3 is 2.50 bits per heavy atom. The maximum atomic E-state index is 11.6. The highest BCUT2D eigenvalue weighted by Crippen LogP contribution is 2.14. The lowest BCUT2D eigenvalue weighted by atomic mass is 9.98. The SMILES string of the molecule is Cc1cccc(C)c1CC(=O)COCCN. The molecule has 0 atom stereocenters. The molecule has 0 saturated heterocycles. The normalized spacial score (nSPS) is 10.4. The largest absolute Gasteiger partial charge is 0.372 e. The summed E-state index contributed by atoms with van der Waals surface area (Å²) < 4.78 is 5.12. The molecule has 0 unspecified atom stereocenters. The zero-order valence-corrected chi connectivity index (χ0v) is 9.95. The van der Waals surface area contributed by atoms with Gasteiger partial charge in [0.05, 0.1) is 6.61 Å². The van der Waals surface area contributed by atoms with Crippen LogP contribution in [0.4, 0.5) is 0 Å². The fourth-order valence-corrected chi connectivity index (χ4v) is 1.65. The Hall–Kier alpha value is -1.19. The molecule has 0 saturated carbocycles. The van der Waals surface area contributed by atoms with Gasteiger partial charge in [-0.15, -0.1) is 0 Å². The summed E-state index contributed by atoms with van der Waals surface area (Å²) in [7, 11) is 0. The minimum Gasteiger partial charge on any atom is -0.372 e. The van der Waals surface area contributed by atoms with Crippen molar-refractivity contribution in [1.82, 2.24) is 0 Å². The molecule has 1 rings (SSSR count). The summed E-state index contributed by atoms with van der Waals surface area (Å²) in [5.74, 6) is 0.103. The molecule has 0 radical (unpaired) electrons. The second-order valence-electron chi connectivity index (χ2n) is 3.93. The number of carbonyl (C=O) groups excluding carboxylic acids is 1. The van der Waals surface area contributed by atoms with Gasteiger partial charge < -0.3 is 10.5 Å². The zero-order chi connectivity index (χ0) is 12.0. The number of ether oxygens (including phenoxy) is 1. The lowest BCUT2D eigenvalue weighted by Crippen LogP contribution is -2.16. The third-order valence-electron chi connectivity index (χ3n) is 2.54. The van der Waals surface area contributed by atoms with E-state index in [9.17, 15) is 4.79 Å². The summed E-state index contributed by atoms with van der Waals surface area (Å²) >= 11 is 0. The molecule has 1 aromatic carbocycles. The Morgan fingerprint density at radius 2 is 1.94 bits per heavy atom. The van der Waals surface area contributed by atoms with Gasteiger partial charge in [-0.05, 0) is 30.5 Å². The van der Waals surface area contributed by atoms with Crippen LogP contribution >= 0.6 is 0 Å². The van der Waals surface area contributed by atoms with Crippen LogP contribution in [0.1, 0.15) is 16.7 Å². The smallest absolute Gasteiger partial charge is 0.162 e. The zero-order valence-electron chi connectivity index (χ0n) is 9.95. The van der Waals surface area contributed by atoms with E-state index in [4.69, 9.17) is 10.5 Å². The van der Waals surface area contributed by atoms with Gasteiger partial charge in [0, 0.05) is 13.0 Å². The number of rotatable bonds is 6. The van der Waals surface area contributed by atoms with Gasteiger partial charge in [-0.3, -0.25) is 4.79 Å². The molecule has 0 fully saturated rings. The Labute approximate surface area is 96.6 Å². The van der Waals surface area contributed by atoms with Crippen molar-refractivity contribution in [2.75, 3.05) is 19.8 Å². The first-order valence-corrected chi connectivity index (χ1v) is 5.49. The number of nitrogens with two attached hydrogens (primary N) is 1. The number of ketones is 1. The third-order valence-corrected chi connectivity index (χ3v) is 2.54. The topological polar surface area (TPSA) is 52.3 Å². The summed E-state index contributed by atoms with van der Waals surface area (Å²) in [6.07, 6.45) is 0.447. The predicted molar refractivity (Wildman–Crippen MR) is 64.5 cm³/mol. The second kappa shape index (κ2) is 6.40. The van der Waals surface area contributed by atoms with Crippen molar-refractivity contribution in [1.29, 1.82) is 0 Å². The number of Topliss-reactive ketones (excluding diaryl/α,β-unsaturated/α-hetero) is 1. The van der Waals surface area contributed by atoms with Crippen LogP contribution in [0.5, 0.6) is 0 Å². The van der Waals surface area contributed by atoms with Crippen LogP contribution in [0, 0.1) is 13.8 Å². The molecule has 88 valence electrons. The Kier molecular flexibility index (Phi) is 5.15. The minimum atomic E-state index is 0.103. The third kappa shape index (κ3) is 3.76. The van der Waals surface area contributed by atoms with Gasteiger partial charge in [0.1, 0.15) is 6.61 Å². The average molecular weight is 221 g/mol. The monoisotopic (exact) mass is 221 g/mol. The van der Waals surface area contributed by atoms with Crippen LogP contribution in [0.2, 0.25) is 0 Å². The highest BCUT2D eigenvalue weighted by molar-refractivity contribution is 5.82. The van der Waals surface area contributed by atoms with Gasteiger partial charge in [-0.1, -0.05) is 18.2 Å². The molecule has 0 aliphatic carbocycles. The van der Waals surface area contributed by atoms with Crippen molar-refractivity contribution in [3.63, 3.8) is 0 Å². The molecule has 0 bridgehead atoms. The molecule has 0 aliphatic rings. The van der Waals surface area contributed by atoms with Gasteiger partial charge in [-0.2, -0.15) is 0 Å². The first-order chi connectivity index (χ1) is 7.65. The molecule has 0 heterocycles. The molecule has 0 aliphatic heterocycles. The van der Waals surface area contributed by atoms with Crippen molar-refractivity contribution in [3.8, 4) is 0 Å². The van der Waals surface area contributed by atoms with Crippen LogP contribution < -0.4 is 5.73 Å². The highest BCUT2D eigenvalue weighted by atomic mass is 16.5. The summed E-state index contributed by atoms with van der Waals surface area (Å²) in [5.41, 5.74) is 8.71. The number of carbonyl (C=O) groups is 1. The van der Waals surface area contributed by atoms with E-state index in [0.29, 0.717) is 19.6 Å². The van der Waals surface area contributed by atoms with Gasteiger partial charge in [0.2, 0.25) is 0 Å².